The standard InChI is InChI=1S/C16H25N2/c1-15(2)9-13-10-16(3,11-15)12-18(13)14-7-5-6-8-17(14)4/h5-8,13H,9-12H2,1-4H3/q+1/t13-,16-/m0/s1. The number of pyridine rings is 1. The molecule has 0 radical (unpaired) electrons. The maximum absolute atomic E-state index is 2.65. The molecule has 1 aromatic rings. The number of rotatable bonds is 1. The topological polar surface area (TPSA) is 7.12 Å². The highest BCUT2D eigenvalue weighted by Gasteiger charge is 2.53. The fourth-order valence-corrected chi connectivity index (χ4v) is 4.54. The van der Waals surface area contributed by atoms with E-state index >= 15 is 0 Å². The molecule has 1 aromatic heterocycles. The Bertz CT molecular complexity index is 466. The molecule has 1 saturated carbocycles. The Kier molecular flexibility index (Phi) is 2.48. The van der Waals surface area contributed by atoms with E-state index in [1.165, 1.54) is 31.6 Å². The van der Waals surface area contributed by atoms with Crippen LogP contribution >= 0.6 is 0 Å². The van der Waals surface area contributed by atoms with Gasteiger partial charge in [0.2, 0.25) is 0 Å². The second-order valence-electron chi connectivity index (χ2n) is 7.51. The van der Waals surface area contributed by atoms with Crippen molar-refractivity contribution >= 4 is 5.82 Å². The maximum atomic E-state index is 2.65. The van der Waals surface area contributed by atoms with Gasteiger partial charge in [0, 0.05) is 11.5 Å². The van der Waals surface area contributed by atoms with Crippen LogP contribution in [0.1, 0.15) is 40.0 Å². The minimum absolute atomic E-state index is 0.500. The molecule has 2 bridgehead atoms. The van der Waals surface area contributed by atoms with Crippen LogP contribution in [0.4, 0.5) is 5.82 Å². The molecule has 2 atom stereocenters. The number of nitrogens with zero attached hydrogens (tertiary/aromatic N) is 2. The van der Waals surface area contributed by atoms with Crippen molar-refractivity contribution in [2.45, 2.75) is 46.1 Å². The van der Waals surface area contributed by atoms with E-state index in [1.807, 2.05) is 0 Å². The van der Waals surface area contributed by atoms with Crippen LogP contribution in [0.15, 0.2) is 24.4 Å². The van der Waals surface area contributed by atoms with Crippen molar-refractivity contribution < 1.29 is 4.57 Å². The lowest BCUT2D eigenvalue weighted by Crippen LogP contribution is -2.42. The van der Waals surface area contributed by atoms with Crippen molar-refractivity contribution in [3.05, 3.63) is 24.4 Å². The third-order valence-electron chi connectivity index (χ3n) is 4.74. The number of fused-ring (bicyclic) bond motifs is 2. The third-order valence-corrected chi connectivity index (χ3v) is 4.74. The van der Waals surface area contributed by atoms with E-state index in [2.05, 4.69) is 61.7 Å². The quantitative estimate of drug-likeness (QED) is 0.690. The highest BCUT2D eigenvalue weighted by Crippen LogP contribution is 2.52. The zero-order valence-electron chi connectivity index (χ0n) is 12.1. The highest BCUT2D eigenvalue weighted by molar-refractivity contribution is 5.38. The molecule has 3 rings (SSSR count). The van der Waals surface area contributed by atoms with Gasteiger partial charge in [-0.15, -0.1) is 0 Å². The van der Waals surface area contributed by atoms with Gasteiger partial charge in [-0.05, 0) is 30.7 Å². The largest absolute Gasteiger partial charge is 0.276 e. The van der Waals surface area contributed by atoms with E-state index < -0.39 is 0 Å². The second kappa shape index (κ2) is 3.72. The van der Waals surface area contributed by atoms with Crippen LogP contribution in [-0.2, 0) is 7.05 Å². The Balaban J connectivity index is 1.95. The van der Waals surface area contributed by atoms with Gasteiger partial charge in [0.15, 0.2) is 0 Å². The molecule has 2 heteroatoms. The van der Waals surface area contributed by atoms with Crippen LogP contribution in [0, 0.1) is 10.8 Å². The number of anilines is 1. The number of hydrogen-bond acceptors (Lipinski definition) is 1. The van der Waals surface area contributed by atoms with Gasteiger partial charge in [0.05, 0.1) is 25.8 Å². The van der Waals surface area contributed by atoms with Gasteiger partial charge >= 0.3 is 0 Å². The first kappa shape index (κ1) is 12.0. The summed E-state index contributed by atoms with van der Waals surface area (Å²) in [6.07, 6.45) is 6.22. The van der Waals surface area contributed by atoms with Gasteiger partial charge in [-0.25, -0.2) is 4.57 Å². The molecular formula is C16H25N2+. The van der Waals surface area contributed by atoms with Crippen molar-refractivity contribution in [2.24, 2.45) is 17.9 Å². The molecule has 0 unspecified atom stereocenters. The van der Waals surface area contributed by atoms with E-state index in [4.69, 9.17) is 0 Å². The molecular weight excluding hydrogens is 220 g/mol. The zero-order chi connectivity index (χ0) is 13.0. The molecule has 0 amide bonds. The van der Waals surface area contributed by atoms with Crippen LogP contribution in [0.25, 0.3) is 0 Å². The fraction of sp³-hybridized carbons (Fsp3) is 0.688. The molecule has 18 heavy (non-hydrogen) atoms. The summed E-state index contributed by atoms with van der Waals surface area (Å²) in [4.78, 5) is 2.65. The van der Waals surface area contributed by atoms with Crippen LogP contribution in [0.3, 0.4) is 0 Å². The smallest absolute Gasteiger partial charge is 0.258 e. The summed E-state index contributed by atoms with van der Waals surface area (Å²) in [5.74, 6) is 1.38. The molecule has 1 aliphatic heterocycles. The Hall–Kier alpha value is -1.05. The number of aryl methyl sites for hydroxylation is 1. The highest BCUT2D eigenvalue weighted by atomic mass is 15.3. The number of hydrogen-bond donors (Lipinski definition) is 0. The van der Waals surface area contributed by atoms with Gasteiger partial charge in [-0.2, -0.15) is 0 Å². The summed E-state index contributed by atoms with van der Waals surface area (Å²) in [5.41, 5.74) is 1.01. The molecule has 2 aliphatic rings. The summed E-state index contributed by atoms with van der Waals surface area (Å²) in [6.45, 7) is 8.57. The molecule has 98 valence electrons. The van der Waals surface area contributed by atoms with Crippen LogP contribution < -0.4 is 9.47 Å². The van der Waals surface area contributed by atoms with Crippen molar-refractivity contribution in [3.8, 4) is 0 Å². The predicted molar refractivity (Wildman–Crippen MR) is 74.5 cm³/mol. The maximum Gasteiger partial charge on any atom is 0.276 e. The first-order valence-electron chi connectivity index (χ1n) is 7.10. The molecule has 2 heterocycles. The summed E-state index contributed by atoms with van der Waals surface area (Å²) < 4.78 is 2.26. The Morgan fingerprint density at radius 1 is 1.22 bits per heavy atom. The van der Waals surface area contributed by atoms with Crippen LogP contribution in [-0.4, -0.2) is 12.6 Å². The number of aromatic nitrogens is 1. The molecule has 0 spiro atoms. The van der Waals surface area contributed by atoms with E-state index in [9.17, 15) is 0 Å². The second-order valence-corrected chi connectivity index (χ2v) is 7.51. The van der Waals surface area contributed by atoms with Gasteiger partial charge in [-0.1, -0.05) is 26.8 Å². The molecule has 2 nitrogen and oxygen atoms in total. The molecule has 2 fully saturated rings. The van der Waals surface area contributed by atoms with Crippen molar-refractivity contribution in [3.63, 3.8) is 0 Å². The minimum atomic E-state index is 0.500. The SMILES string of the molecule is C[n+]1ccccc1N1C[C@@]2(C)C[C@@H]1CC(C)(C)C2. The molecule has 1 aliphatic carbocycles. The van der Waals surface area contributed by atoms with Crippen LogP contribution in [0.5, 0.6) is 0 Å². The predicted octanol–water partition coefficient (Wildman–Crippen LogP) is 2.92. The third kappa shape index (κ3) is 1.92. The summed E-state index contributed by atoms with van der Waals surface area (Å²) >= 11 is 0. The summed E-state index contributed by atoms with van der Waals surface area (Å²) in [7, 11) is 2.16. The van der Waals surface area contributed by atoms with E-state index in [1.54, 1.807) is 0 Å². The molecule has 0 N–H and O–H groups in total. The minimum Gasteiger partial charge on any atom is -0.258 e. The lowest BCUT2D eigenvalue weighted by molar-refractivity contribution is -0.659. The van der Waals surface area contributed by atoms with Gasteiger partial charge in [-0.3, -0.25) is 4.90 Å². The van der Waals surface area contributed by atoms with Gasteiger partial charge in [0.1, 0.15) is 0 Å². The fourth-order valence-electron chi connectivity index (χ4n) is 4.54. The Morgan fingerprint density at radius 2 is 2.00 bits per heavy atom. The first-order valence-corrected chi connectivity index (χ1v) is 7.10. The summed E-state index contributed by atoms with van der Waals surface area (Å²) in [6, 6.07) is 7.26. The monoisotopic (exact) mass is 245 g/mol. The van der Waals surface area contributed by atoms with E-state index in [0.29, 0.717) is 10.8 Å². The van der Waals surface area contributed by atoms with E-state index in [0.717, 1.165) is 6.04 Å². The van der Waals surface area contributed by atoms with Crippen molar-refractivity contribution in [1.29, 1.82) is 0 Å². The normalized spacial score (nSPS) is 33.8. The molecule has 0 aromatic carbocycles. The lowest BCUT2D eigenvalue weighted by atomic mass is 9.65. The van der Waals surface area contributed by atoms with Crippen LogP contribution in [0.2, 0.25) is 0 Å². The average Bonchev–Trinajstić information content (AvgIpc) is 2.48. The zero-order valence-corrected chi connectivity index (χ0v) is 12.1. The summed E-state index contributed by atoms with van der Waals surface area (Å²) in [5, 5.41) is 0. The first-order chi connectivity index (χ1) is 8.39. The molecule has 1 saturated heterocycles. The van der Waals surface area contributed by atoms with Crippen molar-refractivity contribution in [2.75, 3.05) is 11.4 Å². The Morgan fingerprint density at radius 3 is 2.72 bits per heavy atom. The van der Waals surface area contributed by atoms with Gasteiger partial charge < -0.3 is 0 Å². The van der Waals surface area contributed by atoms with E-state index in [-0.39, 0.29) is 0 Å². The Labute approximate surface area is 111 Å². The van der Waals surface area contributed by atoms with Crippen molar-refractivity contribution in [1.82, 2.24) is 0 Å². The van der Waals surface area contributed by atoms with Gasteiger partial charge in [0.25, 0.3) is 5.82 Å². The lowest BCUT2D eigenvalue weighted by Gasteiger charge is -2.37. The average molecular weight is 245 g/mol.